The number of rotatable bonds is 1. The zero-order chi connectivity index (χ0) is 11.7. The normalized spacial score (nSPS) is 25.9. The molecule has 2 atom stereocenters. The third-order valence-corrected chi connectivity index (χ3v) is 3.78. The number of aryl methyl sites for hydroxylation is 1. The lowest BCUT2D eigenvalue weighted by atomic mass is 9.94. The largest absolute Gasteiger partial charge is 0.370 e. The molecule has 2 N–H and O–H groups in total. The molecule has 1 aromatic rings. The van der Waals surface area contributed by atoms with Gasteiger partial charge in [0, 0.05) is 19.1 Å². The highest BCUT2D eigenvalue weighted by molar-refractivity contribution is 6.33. The van der Waals surface area contributed by atoms with Crippen LogP contribution in [0.25, 0.3) is 0 Å². The standard InChI is InChI=1S/C13H19ClN2/c1-9-4-3-5-11(14)13(9)16-7-6-12(15)10(2)8-16/h3-5,10,12H,6-8,15H2,1-2H3. The van der Waals surface area contributed by atoms with E-state index >= 15 is 0 Å². The van der Waals surface area contributed by atoms with E-state index in [-0.39, 0.29) is 0 Å². The van der Waals surface area contributed by atoms with Gasteiger partial charge in [-0.15, -0.1) is 0 Å². The molecule has 2 unspecified atom stereocenters. The Balaban J connectivity index is 2.25. The summed E-state index contributed by atoms with van der Waals surface area (Å²) >= 11 is 6.27. The highest BCUT2D eigenvalue weighted by Gasteiger charge is 2.25. The lowest BCUT2D eigenvalue weighted by Crippen LogP contribution is -2.46. The maximum Gasteiger partial charge on any atom is 0.0642 e. The maximum atomic E-state index is 6.27. The van der Waals surface area contributed by atoms with Gasteiger partial charge in [-0.1, -0.05) is 30.7 Å². The summed E-state index contributed by atoms with van der Waals surface area (Å²) in [5.41, 5.74) is 8.46. The van der Waals surface area contributed by atoms with Crippen LogP contribution in [-0.2, 0) is 0 Å². The molecule has 1 aliphatic rings. The molecule has 1 saturated heterocycles. The minimum Gasteiger partial charge on any atom is -0.370 e. The molecule has 1 aromatic carbocycles. The minimum atomic E-state index is 0.332. The zero-order valence-corrected chi connectivity index (χ0v) is 10.7. The molecule has 0 bridgehead atoms. The van der Waals surface area contributed by atoms with Gasteiger partial charge in [-0.05, 0) is 30.9 Å². The second-order valence-corrected chi connectivity index (χ2v) is 5.19. The Labute approximate surface area is 102 Å². The Kier molecular flexibility index (Phi) is 3.41. The van der Waals surface area contributed by atoms with Crippen LogP contribution >= 0.6 is 11.6 Å². The average molecular weight is 239 g/mol. The Morgan fingerprint density at radius 1 is 1.44 bits per heavy atom. The third kappa shape index (κ3) is 2.18. The quantitative estimate of drug-likeness (QED) is 0.815. The van der Waals surface area contributed by atoms with Crippen LogP contribution in [0.1, 0.15) is 18.9 Å². The minimum absolute atomic E-state index is 0.332. The van der Waals surface area contributed by atoms with Crippen molar-refractivity contribution in [2.24, 2.45) is 11.7 Å². The van der Waals surface area contributed by atoms with Crippen LogP contribution in [0.15, 0.2) is 18.2 Å². The van der Waals surface area contributed by atoms with Crippen LogP contribution in [0.3, 0.4) is 0 Å². The van der Waals surface area contributed by atoms with Crippen LogP contribution in [0.5, 0.6) is 0 Å². The van der Waals surface area contributed by atoms with Gasteiger partial charge >= 0.3 is 0 Å². The number of anilines is 1. The smallest absolute Gasteiger partial charge is 0.0642 e. The van der Waals surface area contributed by atoms with E-state index in [4.69, 9.17) is 17.3 Å². The second kappa shape index (κ2) is 4.64. The number of hydrogen-bond donors (Lipinski definition) is 1. The summed E-state index contributed by atoms with van der Waals surface area (Å²) < 4.78 is 0. The van der Waals surface area contributed by atoms with Crippen LogP contribution in [0.2, 0.25) is 5.02 Å². The van der Waals surface area contributed by atoms with E-state index in [0.29, 0.717) is 12.0 Å². The van der Waals surface area contributed by atoms with Crippen LogP contribution in [0.4, 0.5) is 5.69 Å². The summed E-state index contributed by atoms with van der Waals surface area (Å²) in [6, 6.07) is 6.41. The van der Waals surface area contributed by atoms with Crippen molar-refractivity contribution in [1.29, 1.82) is 0 Å². The molecular weight excluding hydrogens is 220 g/mol. The second-order valence-electron chi connectivity index (χ2n) is 4.78. The number of nitrogens with two attached hydrogens (primary N) is 1. The van der Waals surface area contributed by atoms with Crippen molar-refractivity contribution in [3.05, 3.63) is 28.8 Å². The van der Waals surface area contributed by atoms with Crippen molar-refractivity contribution in [1.82, 2.24) is 0 Å². The molecule has 0 saturated carbocycles. The Bertz CT molecular complexity index is 358. The summed E-state index contributed by atoms with van der Waals surface area (Å²) in [6.07, 6.45) is 1.05. The zero-order valence-electron chi connectivity index (χ0n) is 9.91. The van der Waals surface area contributed by atoms with Gasteiger partial charge in [0.2, 0.25) is 0 Å². The van der Waals surface area contributed by atoms with E-state index in [2.05, 4.69) is 24.8 Å². The molecule has 0 spiro atoms. The summed E-state index contributed by atoms with van der Waals surface area (Å²) in [5, 5.41) is 0.850. The van der Waals surface area contributed by atoms with Crippen molar-refractivity contribution < 1.29 is 0 Å². The molecule has 0 aliphatic carbocycles. The SMILES string of the molecule is Cc1cccc(Cl)c1N1CCC(N)C(C)C1. The molecule has 1 heterocycles. The summed E-state index contributed by atoms with van der Waals surface area (Å²) in [5.74, 6) is 0.532. The number of benzene rings is 1. The topological polar surface area (TPSA) is 29.3 Å². The molecule has 2 rings (SSSR count). The molecule has 16 heavy (non-hydrogen) atoms. The van der Waals surface area contributed by atoms with Crippen LogP contribution in [-0.4, -0.2) is 19.1 Å². The highest BCUT2D eigenvalue weighted by Crippen LogP contribution is 2.32. The highest BCUT2D eigenvalue weighted by atomic mass is 35.5. The van der Waals surface area contributed by atoms with Crippen molar-refractivity contribution in [3.8, 4) is 0 Å². The fourth-order valence-electron chi connectivity index (χ4n) is 2.39. The molecule has 0 aromatic heterocycles. The first-order valence-corrected chi connectivity index (χ1v) is 6.23. The molecule has 1 fully saturated rings. The van der Waals surface area contributed by atoms with Gasteiger partial charge in [-0.25, -0.2) is 0 Å². The van der Waals surface area contributed by atoms with Gasteiger partial charge in [0.25, 0.3) is 0 Å². The van der Waals surface area contributed by atoms with Gasteiger partial charge < -0.3 is 10.6 Å². The number of piperidine rings is 1. The third-order valence-electron chi connectivity index (χ3n) is 3.48. The molecular formula is C13H19ClN2. The molecule has 3 heteroatoms. The number of hydrogen-bond acceptors (Lipinski definition) is 2. The monoisotopic (exact) mass is 238 g/mol. The van der Waals surface area contributed by atoms with Crippen molar-refractivity contribution in [2.75, 3.05) is 18.0 Å². The first-order chi connectivity index (χ1) is 7.59. The van der Waals surface area contributed by atoms with E-state index in [1.54, 1.807) is 0 Å². The summed E-state index contributed by atoms with van der Waals surface area (Å²) in [7, 11) is 0. The summed E-state index contributed by atoms with van der Waals surface area (Å²) in [6.45, 7) is 6.34. The van der Waals surface area contributed by atoms with E-state index < -0.39 is 0 Å². The first kappa shape index (κ1) is 11.7. The fraction of sp³-hybridized carbons (Fsp3) is 0.538. The molecule has 0 amide bonds. The van der Waals surface area contributed by atoms with Crippen LogP contribution in [0, 0.1) is 12.8 Å². The van der Waals surface area contributed by atoms with Gasteiger partial charge in [-0.2, -0.15) is 0 Å². The van der Waals surface area contributed by atoms with Gasteiger partial charge in [0.05, 0.1) is 10.7 Å². The van der Waals surface area contributed by atoms with E-state index in [1.165, 1.54) is 11.3 Å². The fourth-order valence-corrected chi connectivity index (χ4v) is 2.73. The number of halogens is 1. The van der Waals surface area contributed by atoms with E-state index in [1.807, 2.05) is 12.1 Å². The van der Waals surface area contributed by atoms with E-state index in [9.17, 15) is 0 Å². The van der Waals surface area contributed by atoms with Gasteiger partial charge in [0.15, 0.2) is 0 Å². The lowest BCUT2D eigenvalue weighted by Gasteiger charge is -2.37. The predicted octanol–water partition coefficient (Wildman–Crippen LogP) is 2.82. The number of para-hydroxylation sites is 1. The van der Waals surface area contributed by atoms with E-state index in [0.717, 1.165) is 24.5 Å². The van der Waals surface area contributed by atoms with Crippen molar-refractivity contribution >= 4 is 17.3 Å². The summed E-state index contributed by atoms with van der Waals surface area (Å²) in [4.78, 5) is 2.37. The van der Waals surface area contributed by atoms with Gasteiger partial charge in [-0.3, -0.25) is 0 Å². The lowest BCUT2D eigenvalue weighted by molar-refractivity contribution is 0.382. The molecule has 0 radical (unpaired) electrons. The molecule has 1 aliphatic heterocycles. The molecule has 88 valence electrons. The maximum absolute atomic E-state index is 6.27. The Morgan fingerprint density at radius 2 is 2.19 bits per heavy atom. The Morgan fingerprint density at radius 3 is 2.81 bits per heavy atom. The first-order valence-electron chi connectivity index (χ1n) is 5.85. The number of nitrogens with zero attached hydrogens (tertiary/aromatic N) is 1. The van der Waals surface area contributed by atoms with Gasteiger partial charge in [0.1, 0.15) is 0 Å². The predicted molar refractivity (Wildman–Crippen MR) is 70.2 cm³/mol. The molecule has 2 nitrogen and oxygen atoms in total. The average Bonchev–Trinajstić information content (AvgIpc) is 2.23. The Hall–Kier alpha value is -0.730. The van der Waals surface area contributed by atoms with Crippen molar-refractivity contribution in [3.63, 3.8) is 0 Å². The van der Waals surface area contributed by atoms with Crippen LogP contribution < -0.4 is 10.6 Å². The van der Waals surface area contributed by atoms with Crippen molar-refractivity contribution in [2.45, 2.75) is 26.3 Å².